The zero-order chi connectivity index (χ0) is 25.2. The molecule has 2 N–H and O–H groups in total. The summed E-state index contributed by atoms with van der Waals surface area (Å²) in [7, 11) is 1.77. The van der Waals surface area contributed by atoms with Gasteiger partial charge in [-0.25, -0.2) is 4.98 Å². The molecule has 1 unspecified atom stereocenters. The van der Waals surface area contributed by atoms with Gasteiger partial charge in [-0.2, -0.15) is 0 Å². The smallest absolute Gasteiger partial charge is 0.248 e. The lowest BCUT2D eigenvalue weighted by atomic mass is 9.79. The average Bonchev–Trinajstić information content (AvgIpc) is 3.43. The molecule has 0 saturated carbocycles. The van der Waals surface area contributed by atoms with Crippen molar-refractivity contribution in [2.75, 3.05) is 22.6 Å². The number of anilines is 3. The van der Waals surface area contributed by atoms with E-state index in [0.717, 1.165) is 33.5 Å². The van der Waals surface area contributed by atoms with E-state index in [4.69, 9.17) is 0 Å². The number of hydrogen-bond acceptors (Lipinski definition) is 4. The number of benzene rings is 2. The first-order chi connectivity index (χ1) is 17.2. The van der Waals surface area contributed by atoms with Crippen LogP contribution in [0.1, 0.15) is 41.7 Å². The van der Waals surface area contributed by atoms with Gasteiger partial charge in [0.1, 0.15) is 5.82 Å². The van der Waals surface area contributed by atoms with Crippen molar-refractivity contribution in [3.63, 3.8) is 0 Å². The van der Waals surface area contributed by atoms with Crippen molar-refractivity contribution in [2.45, 2.75) is 37.5 Å². The molecule has 2 aromatic carbocycles. The molecular formula is C29H26N4O3. The Bertz CT molecular complexity index is 1510. The fourth-order valence-electron chi connectivity index (χ4n) is 5.90. The minimum Gasteiger partial charge on any atom is -0.323 e. The van der Waals surface area contributed by atoms with E-state index >= 15 is 0 Å². The van der Waals surface area contributed by atoms with Crippen LogP contribution in [-0.2, 0) is 38.1 Å². The van der Waals surface area contributed by atoms with Crippen LogP contribution in [0, 0.1) is 0 Å². The number of nitrogens with zero attached hydrogens (tertiary/aromatic N) is 2. The van der Waals surface area contributed by atoms with Gasteiger partial charge in [-0.3, -0.25) is 14.4 Å². The third kappa shape index (κ3) is 3.12. The molecule has 3 aliphatic rings. The standard InChI is InChI=1S/C29H26N4O3/c1-28(2)21-7-4-6-17(24(21)33(3)27(28)36)10-12-23(34)31-20-11-9-18-15-29(16-19(18)14-20)22-8-5-13-30-25(22)32-26(29)35/h4-14H,15-16H2,1-3H3,(H,31,34)(H,30,32,35)/b12-10+. The Morgan fingerprint density at radius 3 is 2.67 bits per heavy atom. The summed E-state index contributed by atoms with van der Waals surface area (Å²) in [6.07, 6.45) is 6.10. The molecule has 3 aromatic rings. The number of likely N-dealkylation sites (N-methyl/N-ethyl adjacent to an activating group) is 1. The quantitative estimate of drug-likeness (QED) is 0.557. The van der Waals surface area contributed by atoms with Crippen LogP contribution in [0.15, 0.2) is 60.8 Å². The number of carbonyl (C=O) groups excluding carboxylic acids is 3. The maximum absolute atomic E-state index is 12.9. The highest BCUT2D eigenvalue weighted by Crippen LogP contribution is 2.47. The summed E-state index contributed by atoms with van der Waals surface area (Å²) in [6.45, 7) is 3.83. The second-order valence-corrected chi connectivity index (χ2v) is 10.3. The number of para-hydroxylation sites is 1. The Morgan fingerprint density at radius 2 is 1.83 bits per heavy atom. The maximum atomic E-state index is 12.9. The van der Waals surface area contributed by atoms with Crippen molar-refractivity contribution in [3.05, 3.63) is 88.6 Å². The first-order valence-electron chi connectivity index (χ1n) is 12.0. The molecule has 7 nitrogen and oxygen atoms in total. The lowest BCUT2D eigenvalue weighted by molar-refractivity contribution is -0.122. The number of hydrogen-bond donors (Lipinski definition) is 2. The lowest BCUT2D eigenvalue weighted by Crippen LogP contribution is -2.35. The Kier molecular flexibility index (Phi) is 4.70. The zero-order valence-corrected chi connectivity index (χ0v) is 20.4. The Morgan fingerprint density at radius 1 is 1.06 bits per heavy atom. The monoisotopic (exact) mass is 478 g/mol. The summed E-state index contributed by atoms with van der Waals surface area (Å²) in [5.74, 6) is 0.382. The highest BCUT2D eigenvalue weighted by atomic mass is 16.2. The molecule has 180 valence electrons. The molecule has 3 heterocycles. The van der Waals surface area contributed by atoms with E-state index in [0.29, 0.717) is 24.3 Å². The van der Waals surface area contributed by atoms with E-state index in [1.54, 1.807) is 24.2 Å². The molecule has 0 saturated heterocycles. The second-order valence-electron chi connectivity index (χ2n) is 10.3. The number of amides is 3. The fraction of sp³-hybridized carbons (Fsp3) is 0.241. The predicted octanol–water partition coefficient (Wildman–Crippen LogP) is 3.98. The van der Waals surface area contributed by atoms with Gasteiger partial charge < -0.3 is 15.5 Å². The highest BCUT2D eigenvalue weighted by Gasteiger charge is 2.51. The summed E-state index contributed by atoms with van der Waals surface area (Å²) in [4.78, 5) is 44.4. The zero-order valence-electron chi connectivity index (χ0n) is 20.4. The van der Waals surface area contributed by atoms with Crippen molar-refractivity contribution < 1.29 is 14.4 Å². The minimum absolute atomic E-state index is 0.0251. The summed E-state index contributed by atoms with van der Waals surface area (Å²) >= 11 is 0. The largest absolute Gasteiger partial charge is 0.323 e. The van der Waals surface area contributed by atoms with Gasteiger partial charge >= 0.3 is 0 Å². The third-order valence-electron chi connectivity index (χ3n) is 7.78. The van der Waals surface area contributed by atoms with E-state index in [1.807, 2.05) is 62.4 Å². The van der Waals surface area contributed by atoms with Crippen LogP contribution < -0.4 is 15.5 Å². The summed E-state index contributed by atoms with van der Waals surface area (Å²) < 4.78 is 0. The van der Waals surface area contributed by atoms with E-state index < -0.39 is 10.8 Å². The molecule has 0 bridgehead atoms. The van der Waals surface area contributed by atoms with Crippen LogP contribution in [-0.4, -0.2) is 29.8 Å². The van der Waals surface area contributed by atoms with Crippen LogP contribution >= 0.6 is 0 Å². The number of aromatic nitrogens is 1. The molecule has 1 spiro atoms. The Hall–Kier alpha value is -4.26. The number of pyridine rings is 1. The van der Waals surface area contributed by atoms with Gasteiger partial charge in [0.25, 0.3) is 0 Å². The Balaban J connectivity index is 1.21. The van der Waals surface area contributed by atoms with Crippen molar-refractivity contribution >= 4 is 41.0 Å². The molecule has 0 radical (unpaired) electrons. The van der Waals surface area contributed by atoms with Crippen molar-refractivity contribution in [1.29, 1.82) is 0 Å². The van der Waals surface area contributed by atoms with Gasteiger partial charge in [0.2, 0.25) is 17.7 Å². The first-order valence-corrected chi connectivity index (χ1v) is 12.0. The van der Waals surface area contributed by atoms with Crippen LogP contribution in [0.3, 0.4) is 0 Å². The second kappa shape index (κ2) is 7.62. The molecule has 1 atom stereocenters. The third-order valence-corrected chi connectivity index (χ3v) is 7.78. The van der Waals surface area contributed by atoms with Crippen molar-refractivity contribution in [2.24, 2.45) is 0 Å². The number of rotatable bonds is 3. The number of nitrogens with one attached hydrogen (secondary N) is 2. The normalized spacial score (nSPS) is 21.0. The maximum Gasteiger partial charge on any atom is 0.248 e. The van der Waals surface area contributed by atoms with Gasteiger partial charge in [-0.05, 0) is 73.2 Å². The van der Waals surface area contributed by atoms with E-state index in [2.05, 4.69) is 15.6 Å². The highest BCUT2D eigenvalue weighted by molar-refractivity contribution is 6.10. The van der Waals surface area contributed by atoms with Gasteiger partial charge in [-0.1, -0.05) is 30.3 Å². The van der Waals surface area contributed by atoms with Crippen LogP contribution in [0.2, 0.25) is 0 Å². The summed E-state index contributed by atoms with van der Waals surface area (Å²) in [5, 5.41) is 5.86. The molecule has 7 heteroatoms. The van der Waals surface area contributed by atoms with E-state index in [-0.39, 0.29) is 17.7 Å². The predicted molar refractivity (Wildman–Crippen MR) is 139 cm³/mol. The van der Waals surface area contributed by atoms with Gasteiger partial charge in [0, 0.05) is 30.6 Å². The summed E-state index contributed by atoms with van der Waals surface area (Å²) in [5.41, 5.74) is 5.14. The molecule has 36 heavy (non-hydrogen) atoms. The molecule has 3 amide bonds. The van der Waals surface area contributed by atoms with Crippen LogP contribution in [0.5, 0.6) is 0 Å². The fourth-order valence-corrected chi connectivity index (χ4v) is 5.90. The molecular weight excluding hydrogens is 452 g/mol. The van der Waals surface area contributed by atoms with E-state index in [9.17, 15) is 14.4 Å². The Labute approximate surface area is 209 Å². The van der Waals surface area contributed by atoms with Gasteiger partial charge in [0.15, 0.2) is 0 Å². The molecule has 0 fully saturated rings. The number of carbonyl (C=O) groups is 3. The molecule has 2 aliphatic heterocycles. The molecule has 6 rings (SSSR count). The van der Waals surface area contributed by atoms with Crippen molar-refractivity contribution in [3.8, 4) is 0 Å². The summed E-state index contributed by atoms with van der Waals surface area (Å²) in [6, 6.07) is 15.4. The average molecular weight is 479 g/mol. The van der Waals surface area contributed by atoms with Crippen molar-refractivity contribution in [1.82, 2.24) is 4.98 Å². The van der Waals surface area contributed by atoms with Gasteiger partial charge in [0.05, 0.1) is 16.5 Å². The SMILES string of the molecule is CN1C(=O)C(C)(C)c2cccc(/C=C/C(=O)Nc3ccc4c(c3)CC3(C4)C(=O)Nc4ncccc43)c21. The molecule has 1 aliphatic carbocycles. The van der Waals surface area contributed by atoms with E-state index in [1.165, 1.54) is 6.08 Å². The number of fused-ring (bicyclic) bond motifs is 4. The minimum atomic E-state index is -0.639. The van der Waals surface area contributed by atoms with Gasteiger partial charge in [-0.15, -0.1) is 0 Å². The van der Waals surface area contributed by atoms with Crippen LogP contribution in [0.25, 0.3) is 6.08 Å². The lowest BCUT2D eigenvalue weighted by Gasteiger charge is -2.20. The topological polar surface area (TPSA) is 91.4 Å². The van der Waals surface area contributed by atoms with Crippen LogP contribution in [0.4, 0.5) is 17.2 Å². The first kappa shape index (κ1) is 22.2. The molecule has 1 aromatic heterocycles.